The van der Waals surface area contributed by atoms with E-state index >= 15 is 0 Å². The lowest BCUT2D eigenvalue weighted by atomic mass is 9.71. The zero-order valence-electron chi connectivity index (χ0n) is 18.5. The molecular formula is C25H40O3. The van der Waals surface area contributed by atoms with Gasteiger partial charge in [-0.15, -0.1) is 0 Å². The van der Waals surface area contributed by atoms with Crippen LogP contribution in [0.15, 0.2) is 23.8 Å². The van der Waals surface area contributed by atoms with Crippen molar-refractivity contribution in [3.63, 3.8) is 0 Å². The fourth-order valence-corrected chi connectivity index (χ4v) is 4.66. The summed E-state index contributed by atoms with van der Waals surface area (Å²) in [6.45, 7) is 11.0. The molecule has 2 atom stereocenters. The molecule has 2 rings (SSSR count). The Hall–Kier alpha value is -1.48. The summed E-state index contributed by atoms with van der Waals surface area (Å²) in [4.78, 5) is 0. The van der Waals surface area contributed by atoms with Crippen molar-refractivity contribution in [2.45, 2.75) is 90.9 Å². The summed E-state index contributed by atoms with van der Waals surface area (Å²) in [6.07, 6.45) is 9.82. The quantitative estimate of drug-likeness (QED) is 0.338. The minimum absolute atomic E-state index is 0.0473. The van der Waals surface area contributed by atoms with Crippen molar-refractivity contribution in [3.05, 3.63) is 34.9 Å². The highest BCUT2D eigenvalue weighted by molar-refractivity contribution is 5.52. The van der Waals surface area contributed by atoms with E-state index in [1.807, 2.05) is 12.1 Å². The summed E-state index contributed by atoms with van der Waals surface area (Å²) in [5, 5.41) is 31.4. The molecule has 0 saturated heterocycles. The van der Waals surface area contributed by atoms with Crippen LogP contribution in [0.3, 0.4) is 0 Å². The number of benzene rings is 1. The molecular weight excluding hydrogens is 348 g/mol. The first-order valence-electron chi connectivity index (χ1n) is 11.1. The second-order valence-corrected chi connectivity index (χ2v) is 9.58. The van der Waals surface area contributed by atoms with Crippen molar-refractivity contribution in [1.82, 2.24) is 0 Å². The lowest BCUT2D eigenvalue weighted by molar-refractivity contribution is 0.277. The summed E-state index contributed by atoms with van der Waals surface area (Å²) < 4.78 is 0. The van der Waals surface area contributed by atoms with Gasteiger partial charge in [0.1, 0.15) is 11.5 Å². The number of aliphatic hydroxyl groups is 1. The van der Waals surface area contributed by atoms with Gasteiger partial charge >= 0.3 is 0 Å². The van der Waals surface area contributed by atoms with Crippen LogP contribution in [0.2, 0.25) is 0 Å². The van der Waals surface area contributed by atoms with Crippen molar-refractivity contribution in [2.75, 3.05) is 6.61 Å². The monoisotopic (exact) mass is 388 g/mol. The molecule has 0 spiro atoms. The Balaban J connectivity index is 2.34. The zero-order valence-corrected chi connectivity index (χ0v) is 18.5. The van der Waals surface area contributed by atoms with Gasteiger partial charge in [-0.3, -0.25) is 0 Å². The highest BCUT2D eigenvalue weighted by Crippen LogP contribution is 2.48. The third kappa shape index (κ3) is 5.31. The smallest absolute Gasteiger partial charge is 0.123 e. The van der Waals surface area contributed by atoms with Crippen LogP contribution in [0, 0.1) is 11.8 Å². The third-order valence-corrected chi connectivity index (χ3v) is 6.64. The Morgan fingerprint density at radius 2 is 1.71 bits per heavy atom. The highest BCUT2D eigenvalue weighted by Gasteiger charge is 2.33. The number of rotatable bonds is 9. The Morgan fingerprint density at radius 3 is 2.25 bits per heavy atom. The molecule has 28 heavy (non-hydrogen) atoms. The van der Waals surface area contributed by atoms with Gasteiger partial charge in [-0.2, -0.15) is 0 Å². The average molecular weight is 389 g/mol. The van der Waals surface area contributed by atoms with E-state index in [0.717, 1.165) is 36.8 Å². The third-order valence-electron chi connectivity index (χ3n) is 6.64. The summed E-state index contributed by atoms with van der Waals surface area (Å²) in [5.74, 6) is 1.10. The van der Waals surface area contributed by atoms with Gasteiger partial charge < -0.3 is 15.3 Å². The van der Waals surface area contributed by atoms with Gasteiger partial charge in [0.25, 0.3) is 0 Å². The molecule has 0 aliphatic heterocycles. The van der Waals surface area contributed by atoms with Gasteiger partial charge in [0.2, 0.25) is 0 Å². The Morgan fingerprint density at radius 1 is 1.07 bits per heavy atom. The van der Waals surface area contributed by atoms with E-state index in [1.54, 1.807) is 0 Å². The molecule has 0 radical (unpaired) electrons. The van der Waals surface area contributed by atoms with Gasteiger partial charge in [-0.25, -0.2) is 0 Å². The van der Waals surface area contributed by atoms with E-state index in [4.69, 9.17) is 0 Å². The predicted molar refractivity (Wildman–Crippen MR) is 117 cm³/mol. The number of aliphatic hydroxyl groups excluding tert-OH is 1. The fourth-order valence-electron chi connectivity index (χ4n) is 4.66. The number of hydrogen-bond acceptors (Lipinski definition) is 3. The van der Waals surface area contributed by atoms with Crippen LogP contribution in [0.1, 0.15) is 96.6 Å². The zero-order chi connectivity index (χ0) is 20.9. The highest BCUT2D eigenvalue weighted by atomic mass is 16.3. The van der Waals surface area contributed by atoms with Crippen LogP contribution in [0.25, 0.3) is 0 Å². The molecule has 1 aromatic carbocycles. The molecule has 2 unspecified atom stereocenters. The second kappa shape index (κ2) is 9.82. The van der Waals surface area contributed by atoms with Gasteiger partial charge in [0.05, 0.1) is 6.61 Å². The van der Waals surface area contributed by atoms with Crippen molar-refractivity contribution in [2.24, 2.45) is 11.8 Å². The number of unbranched alkanes of at least 4 members (excludes halogenated alkanes) is 3. The molecule has 0 amide bonds. The summed E-state index contributed by atoms with van der Waals surface area (Å²) >= 11 is 0. The van der Waals surface area contributed by atoms with Gasteiger partial charge in [-0.1, -0.05) is 66.4 Å². The van der Waals surface area contributed by atoms with Crippen LogP contribution in [-0.2, 0) is 5.41 Å². The first-order valence-corrected chi connectivity index (χ1v) is 11.1. The number of phenolic OH excluding ortho intramolecular Hbond substituents is 2. The van der Waals surface area contributed by atoms with Crippen LogP contribution in [0.4, 0.5) is 0 Å². The first kappa shape index (κ1) is 22.8. The maximum Gasteiger partial charge on any atom is 0.123 e. The topological polar surface area (TPSA) is 60.7 Å². The molecule has 158 valence electrons. The minimum Gasteiger partial charge on any atom is -0.507 e. The van der Waals surface area contributed by atoms with Gasteiger partial charge in [-0.05, 0) is 59.8 Å². The van der Waals surface area contributed by atoms with Gasteiger partial charge in [0.15, 0.2) is 0 Å². The molecule has 3 N–H and O–H groups in total. The number of allylic oxidation sites excluding steroid dienone is 1. The SMILES string of the molecule is CCCCCCC(C)(C)c1cc(O)c(C2C=C(CO)CCC2C(C)C)c(O)c1. The van der Waals surface area contributed by atoms with E-state index in [1.165, 1.54) is 19.3 Å². The van der Waals surface area contributed by atoms with E-state index in [-0.39, 0.29) is 29.4 Å². The van der Waals surface area contributed by atoms with E-state index in [0.29, 0.717) is 17.4 Å². The molecule has 0 fully saturated rings. The van der Waals surface area contributed by atoms with Crippen LogP contribution < -0.4 is 0 Å². The Kier molecular flexibility index (Phi) is 8.00. The lowest BCUT2D eigenvalue weighted by Gasteiger charge is -2.34. The molecule has 0 aromatic heterocycles. The van der Waals surface area contributed by atoms with Crippen molar-refractivity contribution >= 4 is 0 Å². The molecule has 1 aliphatic rings. The summed E-state index contributed by atoms with van der Waals surface area (Å²) in [7, 11) is 0. The maximum atomic E-state index is 10.9. The number of hydrogen-bond donors (Lipinski definition) is 3. The van der Waals surface area contributed by atoms with Crippen LogP contribution in [0.5, 0.6) is 11.5 Å². The molecule has 3 nitrogen and oxygen atoms in total. The number of aromatic hydroxyl groups is 2. The lowest BCUT2D eigenvalue weighted by Crippen LogP contribution is -2.23. The average Bonchev–Trinajstić information content (AvgIpc) is 2.64. The van der Waals surface area contributed by atoms with Crippen molar-refractivity contribution in [1.29, 1.82) is 0 Å². The molecule has 1 aromatic rings. The van der Waals surface area contributed by atoms with E-state index in [9.17, 15) is 15.3 Å². The molecule has 0 saturated carbocycles. The van der Waals surface area contributed by atoms with E-state index < -0.39 is 0 Å². The van der Waals surface area contributed by atoms with Crippen LogP contribution >= 0.6 is 0 Å². The summed E-state index contributed by atoms with van der Waals surface area (Å²) in [5.41, 5.74) is 2.53. The number of phenols is 2. The standard InChI is InChI=1S/C25H40O3/c1-6-7-8-9-12-25(4,5)19-14-22(27)24(23(28)15-19)21-13-18(16-26)10-11-20(21)17(2)3/h13-15,17,20-21,26-28H,6-12,16H2,1-5H3. The maximum absolute atomic E-state index is 10.9. The first-order chi connectivity index (χ1) is 13.2. The minimum atomic E-state index is -0.0860. The predicted octanol–water partition coefficient (Wildman–Crippen LogP) is 6.41. The van der Waals surface area contributed by atoms with Crippen molar-refractivity contribution in [3.8, 4) is 11.5 Å². The molecule has 3 heteroatoms. The van der Waals surface area contributed by atoms with E-state index in [2.05, 4.69) is 40.7 Å². The largest absolute Gasteiger partial charge is 0.507 e. The fraction of sp³-hybridized carbons (Fsp3) is 0.680. The Bertz CT molecular complexity index is 649. The summed E-state index contributed by atoms with van der Waals surface area (Å²) in [6, 6.07) is 3.71. The molecule has 1 aliphatic carbocycles. The molecule has 0 heterocycles. The normalized spacial score (nSPS) is 20.5. The van der Waals surface area contributed by atoms with Crippen LogP contribution in [-0.4, -0.2) is 21.9 Å². The van der Waals surface area contributed by atoms with Crippen molar-refractivity contribution < 1.29 is 15.3 Å². The second-order valence-electron chi connectivity index (χ2n) is 9.58. The molecule has 0 bridgehead atoms. The van der Waals surface area contributed by atoms with Gasteiger partial charge in [0, 0.05) is 11.5 Å². The Labute approximate surface area is 171 Å².